The molecule has 0 saturated heterocycles. The van der Waals surface area contributed by atoms with Gasteiger partial charge in [-0.15, -0.1) is 0 Å². The van der Waals surface area contributed by atoms with Gasteiger partial charge >= 0.3 is 6.03 Å². The van der Waals surface area contributed by atoms with Crippen LogP contribution in [0.15, 0.2) is 24.3 Å². The lowest BCUT2D eigenvalue weighted by atomic mass is 10.1. The predicted octanol–water partition coefficient (Wildman–Crippen LogP) is 3.00. The topological polar surface area (TPSA) is 61.4 Å². The molecule has 0 spiro atoms. The van der Waals surface area contributed by atoms with Gasteiger partial charge in [0.05, 0.1) is 6.10 Å². The lowest BCUT2D eigenvalue weighted by Crippen LogP contribution is -2.39. The molecule has 4 nitrogen and oxygen atoms in total. The molecular weight excluding hydrogens is 260 g/mol. The molecule has 0 heterocycles. The number of aliphatic hydroxyl groups is 1. The Morgan fingerprint density at radius 3 is 2.47 bits per heavy atom. The van der Waals surface area contributed by atoms with Gasteiger partial charge in [-0.1, -0.05) is 19.1 Å². The lowest BCUT2D eigenvalue weighted by molar-refractivity contribution is 0.199. The van der Waals surface area contributed by atoms with Crippen LogP contribution >= 0.6 is 11.8 Å². The molecule has 1 rings (SSSR count). The molecular formula is C14H22N2O2S. The Bertz CT molecular complexity index is 393. The molecule has 2 atom stereocenters. The van der Waals surface area contributed by atoms with Crippen molar-refractivity contribution in [3.63, 3.8) is 0 Å². The number of aliphatic hydroxyl groups excluding tert-OH is 1. The van der Waals surface area contributed by atoms with Crippen molar-refractivity contribution in [2.24, 2.45) is 0 Å². The Morgan fingerprint density at radius 2 is 2.00 bits per heavy atom. The predicted molar refractivity (Wildman–Crippen MR) is 81.7 cm³/mol. The Hall–Kier alpha value is -1.20. The van der Waals surface area contributed by atoms with E-state index in [0.29, 0.717) is 0 Å². The van der Waals surface area contributed by atoms with Gasteiger partial charge in [0.15, 0.2) is 0 Å². The number of rotatable bonds is 6. The van der Waals surface area contributed by atoms with Crippen LogP contribution in [0, 0.1) is 0 Å². The van der Waals surface area contributed by atoms with E-state index >= 15 is 0 Å². The third-order valence-corrected chi connectivity index (χ3v) is 3.58. The molecule has 0 radical (unpaired) electrons. The maximum absolute atomic E-state index is 11.8. The van der Waals surface area contributed by atoms with E-state index in [1.807, 2.05) is 6.26 Å². The smallest absolute Gasteiger partial charge is 0.319 e. The molecule has 2 amide bonds. The summed E-state index contributed by atoms with van der Waals surface area (Å²) >= 11 is 1.72. The average Bonchev–Trinajstić information content (AvgIpc) is 2.38. The Kier molecular flexibility index (Phi) is 6.73. The highest BCUT2D eigenvalue weighted by atomic mass is 32.2. The maximum Gasteiger partial charge on any atom is 0.319 e. The zero-order valence-electron chi connectivity index (χ0n) is 11.6. The zero-order valence-corrected chi connectivity index (χ0v) is 12.5. The third-order valence-electron chi connectivity index (χ3n) is 2.85. The number of nitrogens with one attached hydrogen (secondary N) is 2. The minimum Gasteiger partial charge on any atom is -0.389 e. The quantitative estimate of drug-likeness (QED) is 0.751. The van der Waals surface area contributed by atoms with Crippen LogP contribution in [0.3, 0.4) is 0 Å². The van der Waals surface area contributed by atoms with Crippen molar-refractivity contribution >= 4 is 23.5 Å². The Morgan fingerprint density at radius 1 is 1.37 bits per heavy atom. The van der Waals surface area contributed by atoms with Crippen molar-refractivity contribution in [3.8, 4) is 0 Å². The number of anilines is 1. The van der Waals surface area contributed by atoms with Crippen LogP contribution in [-0.2, 0) is 0 Å². The fourth-order valence-electron chi connectivity index (χ4n) is 1.66. The van der Waals surface area contributed by atoms with Gasteiger partial charge in [0.2, 0.25) is 0 Å². The van der Waals surface area contributed by atoms with E-state index in [-0.39, 0.29) is 12.1 Å². The van der Waals surface area contributed by atoms with Crippen LogP contribution in [0.4, 0.5) is 10.5 Å². The van der Waals surface area contributed by atoms with Gasteiger partial charge in [-0.2, -0.15) is 11.8 Å². The fourth-order valence-corrected chi connectivity index (χ4v) is 2.38. The van der Waals surface area contributed by atoms with Crippen LogP contribution < -0.4 is 10.6 Å². The molecule has 0 fully saturated rings. The van der Waals surface area contributed by atoms with E-state index in [1.54, 1.807) is 43.0 Å². The first-order valence-electron chi connectivity index (χ1n) is 6.41. The fraction of sp³-hybridized carbons (Fsp3) is 0.500. The highest BCUT2D eigenvalue weighted by Gasteiger charge is 2.09. The zero-order chi connectivity index (χ0) is 14.3. The van der Waals surface area contributed by atoms with E-state index in [4.69, 9.17) is 0 Å². The summed E-state index contributed by atoms with van der Waals surface area (Å²) in [5.41, 5.74) is 1.56. The molecule has 2 unspecified atom stereocenters. The van der Waals surface area contributed by atoms with Crippen molar-refractivity contribution < 1.29 is 9.90 Å². The first-order valence-corrected chi connectivity index (χ1v) is 7.80. The van der Waals surface area contributed by atoms with Crippen molar-refractivity contribution in [1.82, 2.24) is 5.32 Å². The number of carbonyl (C=O) groups excluding carboxylic acids is 1. The minimum absolute atomic E-state index is 0.187. The van der Waals surface area contributed by atoms with Gasteiger partial charge in [0, 0.05) is 17.5 Å². The van der Waals surface area contributed by atoms with Gasteiger partial charge in [-0.05, 0) is 37.3 Å². The number of benzene rings is 1. The molecule has 0 aliphatic carbocycles. The second kappa shape index (κ2) is 8.07. The van der Waals surface area contributed by atoms with Gasteiger partial charge in [-0.3, -0.25) is 0 Å². The summed E-state index contributed by atoms with van der Waals surface area (Å²) in [7, 11) is 0. The van der Waals surface area contributed by atoms with Crippen LogP contribution in [0.1, 0.15) is 31.9 Å². The molecule has 5 heteroatoms. The molecule has 3 N–H and O–H groups in total. The van der Waals surface area contributed by atoms with Crippen LogP contribution in [-0.4, -0.2) is 29.2 Å². The Labute approximate surface area is 119 Å². The molecule has 1 aromatic carbocycles. The average molecular weight is 282 g/mol. The maximum atomic E-state index is 11.8. The summed E-state index contributed by atoms with van der Waals surface area (Å²) in [5, 5.41) is 15.1. The van der Waals surface area contributed by atoms with Gasteiger partial charge < -0.3 is 15.7 Å². The number of carbonyl (C=O) groups is 1. The van der Waals surface area contributed by atoms with Crippen molar-refractivity contribution in [1.29, 1.82) is 0 Å². The molecule has 0 aliphatic rings. The van der Waals surface area contributed by atoms with Gasteiger partial charge in [-0.25, -0.2) is 4.79 Å². The molecule has 19 heavy (non-hydrogen) atoms. The number of thioether (sulfide) groups is 1. The number of urea groups is 1. The summed E-state index contributed by atoms with van der Waals surface area (Å²) in [6, 6.07) is 7.19. The number of hydrogen-bond acceptors (Lipinski definition) is 3. The largest absolute Gasteiger partial charge is 0.389 e. The minimum atomic E-state index is -0.492. The van der Waals surface area contributed by atoms with Crippen LogP contribution in [0.25, 0.3) is 0 Å². The molecule has 0 bridgehead atoms. The second-order valence-electron chi connectivity index (χ2n) is 4.46. The SMILES string of the molecule is CCC(CSC)NC(=O)Nc1ccc(C(C)O)cc1. The van der Waals surface area contributed by atoms with Crippen molar-refractivity contribution in [2.75, 3.05) is 17.3 Å². The monoisotopic (exact) mass is 282 g/mol. The number of hydrogen-bond donors (Lipinski definition) is 3. The highest BCUT2D eigenvalue weighted by Crippen LogP contribution is 2.15. The number of amides is 2. The van der Waals surface area contributed by atoms with Gasteiger partial charge in [0.25, 0.3) is 0 Å². The van der Waals surface area contributed by atoms with Crippen LogP contribution in [0.5, 0.6) is 0 Å². The van der Waals surface area contributed by atoms with E-state index in [2.05, 4.69) is 17.6 Å². The van der Waals surface area contributed by atoms with Crippen LogP contribution in [0.2, 0.25) is 0 Å². The first kappa shape index (κ1) is 15.9. The van der Waals surface area contributed by atoms with E-state index in [0.717, 1.165) is 23.4 Å². The summed E-state index contributed by atoms with van der Waals surface area (Å²) in [5.74, 6) is 0.908. The highest BCUT2D eigenvalue weighted by molar-refractivity contribution is 7.98. The van der Waals surface area contributed by atoms with E-state index in [1.165, 1.54) is 0 Å². The first-order chi connectivity index (χ1) is 9.06. The van der Waals surface area contributed by atoms with E-state index in [9.17, 15) is 9.90 Å². The Balaban J connectivity index is 2.52. The van der Waals surface area contributed by atoms with Crippen molar-refractivity contribution in [2.45, 2.75) is 32.4 Å². The molecule has 1 aromatic rings. The molecule has 0 aromatic heterocycles. The summed E-state index contributed by atoms with van der Waals surface area (Å²) < 4.78 is 0. The molecule has 106 valence electrons. The second-order valence-corrected chi connectivity index (χ2v) is 5.37. The molecule has 0 saturated carbocycles. The van der Waals surface area contributed by atoms with E-state index < -0.39 is 6.10 Å². The summed E-state index contributed by atoms with van der Waals surface area (Å²) in [4.78, 5) is 11.8. The van der Waals surface area contributed by atoms with Gasteiger partial charge in [0.1, 0.15) is 0 Å². The lowest BCUT2D eigenvalue weighted by Gasteiger charge is -2.16. The van der Waals surface area contributed by atoms with Crippen molar-refractivity contribution in [3.05, 3.63) is 29.8 Å². The third kappa shape index (κ3) is 5.53. The normalized spacial score (nSPS) is 13.7. The summed E-state index contributed by atoms with van der Waals surface area (Å²) in [6.45, 7) is 3.77. The molecule has 0 aliphatic heterocycles. The standard InChI is InChI=1S/C14H22N2O2S/c1-4-12(9-19-3)15-14(18)16-13-7-5-11(6-8-13)10(2)17/h5-8,10,12,17H,4,9H2,1-3H3,(H2,15,16,18). The summed E-state index contributed by atoms with van der Waals surface area (Å²) in [6.07, 6.45) is 2.45.